The highest BCUT2D eigenvalue weighted by Crippen LogP contribution is 2.17. The molecule has 0 aromatic heterocycles. The van der Waals surface area contributed by atoms with Crippen LogP contribution in [0.1, 0.15) is 19.4 Å². The fourth-order valence-corrected chi connectivity index (χ4v) is 1.83. The van der Waals surface area contributed by atoms with Crippen LogP contribution in [-0.4, -0.2) is 32.3 Å². The van der Waals surface area contributed by atoms with Gasteiger partial charge in [0.25, 0.3) is 0 Å². The Bertz CT molecular complexity index is 483. The van der Waals surface area contributed by atoms with Gasteiger partial charge in [0, 0.05) is 31.7 Å². The highest BCUT2D eigenvalue weighted by Gasteiger charge is 2.16. The number of hydrogen-bond donors (Lipinski definition) is 2. The average Bonchev–Trinajstić information content (AvgIpc) is 2.42. The van der Waals surface area contributed by atoms with Gasteiger partial charge in [-0.15, -0.1) is 24.0 Å². The zero-order valence-corrected chi connectivity index (χ0v) is 16.6. The summed E-state index contributed by atoms with van der Waals surface area (Å²) in [6.45, 7) is 5.06. The summed E-state index contributed by atoms with van der Waals surface area (Å²) < 4.78 is 19.4. The lowest BCUT2D eigenvalue weighted by Gasteiger charge is -2.24. The van der Waals surface area contributed by atoms with Gasteiger partial charge in [0.05, 0.1) is 5.60 Å². The first kappa shape index (κ1) is 20.6. The highest BCUT2D eigenvalue weighted by molar-refractivity contribution is 14.0. The lowest BCUT2D eigenvalue weighted by molar-refractivity contribution is 0.0268. The average molecular weight is 474 g/mol. The predicted molar refractivity (Wildman–Crippen MR) is 98.8 cm³/mol. The van der Waals surface area contributed by atoms with Crippen LogP contribution in [0.4, 0.5) is 4.39 Å². The van der Waals surface area contributed by atoms with E-state index in [1.165, 1.54) is 12.1 Å². The molecule has 0 saturated carbocycles. The van der Waals surface area contributed by atoms with Crippen molar-refractivity contribution in [2.24, 2.45) is 4.99 Å². The van der Waals surface area contributed by atoms with Gasteiger partial charge in [0.15, 0.2) is 5.96 Å². The van der Waals surface area contributed by atoms with E-state index >= 15 is 0 Å². The lowest BCUT2D eigenvalue weighted by Crippen LogP contribution is -2.45. The zero-order valence-electron chi connectivity index (χ0n) is 12.7. The fraction of sp³-hybridized carbons (Fsp3) is 0.500. The van der Waals surface area contributed by atoms with Crippen LogP contribution in [0.25, 0.3) is 0 Å². The Balaban J connectivity index is 0.00000400. The molecule has 1 aromatic rings. The summed E-state index contributed by atoms with van der Waals surface area (Å²) in [5, 5.41) is 6.31. The second-order valence-electron chi connectivity index (χ2n) is 4.98. The molecule has 0 unspecified atom stereocenters. The Kier molecular flexibility index (Phi) is 9.39. The first-order valence-electron chi connectivity index (χ1n) is 6.31. The number of aliphatic imine (C=N–C) groups is 1. The van der Waals surface area contributed by atoms with Crippen molar-refractivity contribution in [3.8, 4) is 0 Å². The third kappa shape index (κ3) is 7.42. The molecule has 1 aromatic carbocycles. The SMILES string of the molecule is CN=C(NCc1cc(F)ccc1Br)NCC(C)(C)OC.I. The van der Waals surface area contributed by atoms with Crippen LogP contribution in [-0.2, 0) is 11.3 Å². The monoisotopic (exact) mass is 473 g/mol. The molecule has 0 aliphatic heterocycles. The number of benzene rings is 1. The number of nitrogens with one attached hydrogen (secondary N) is 2. The molecule has 0 aliphatic rings. The van der Waals surface area contributed by atoms with Gasteiger partial charge < -0.3 is 15.4 Å². The second kappa shape index (κ2) is 9.58. The van der Waals surface area contributed by atoms with Gasteiger partial charge in [-0.25, -0.2) is 4.39 Å². The molecule has 0 saturated heterocycles. The summed E-state index contributed by atoms with van der Waals surface area (Å²) in [5.41, 5.74) is 0.552. The van der Waals surface area contributed by atoms with Crippen LogP contribution in [0.2, 0.25) is 0 Å². The molecular formula is C14H22BrFIN3O. The molecule has 21 heavy (non-hydrogen) atoms. The van der Waals surface area contributed by atoms with Crippen molar-refractivity contribution in [1.82, 2.24) is 10.6 Å². The van der Waals surface area contributed by atoms with E-state index < -0.39 is 0 Å². The van der Waals surface area contributed by atoms with Crippen molar-refractivity contribution in [2.45, 2.75) is 26.0 Å². The maximum Gasteiger partial charge on any atom is 0.191 e. The van der Waals surface area contributed by atoms with Gasteiger partial charge in [-0.2, -0.15) is 0 Å². The summed E-state index contributed by atoms with van der Waals surface area (Å²) in [4.78, 5) is 4.12. The Morgan fingerprint density at radius 1 is 1.38 bits per heavy atom. The van der Waals surface area contributed by atoms with Gasteiger partial charge in [-0.3, -0.25) is 4.99 Å². The third-order valence-electron chi connectivity index (χ3n) is 2.91. The van der Waals surface area contributed by atoms with Crippen molar-refractivity contribution in [1.29, 1.82) is 0 Å². The summed E-state index contributed by atoms with van der Waals surface area (Å²) in [6, 6.07) is 4.60. The van der Waals surface area contributed by atoms with Gasteiger partial charge in [-0.05, 0) is 37.6 Å². The van der Waals surface area contributed by atoms with E-state index in [2.05, 4.69) is 31.6 Å². The maximum absolute atomic E-state index is 13.2. The van der Waals surface area contributed by atoms with Gasteiger partial charge >= 0.3 is 0 Å². The van der Waals surface area contributed by atoms with Crippen LogP contribution in [0, 0.1) is 5.82 Å². The Labute approximate surface area is 151 Å². The standard InChI is InChI=1S/C14H21BrFN3O.HI/c1-14(2,20-4)9-19-13(17-3)18-8-10-7-11(16)5-6-12(10)15;/h5-7H,8-9H2,1-4H3,(H2,17,18,19);1H. The Morgan fingerprint density at radius 3 is 2.62 bits per heavy atom. The normalized spacial score (nSPS) is 11.8. The summed E-state index contributed by atoms with van der Waals surface area (Å²) in [5.74, 6) is 0.389. The number of hydrogen-bond acceptors (Lipinski definition) is 2. The van der Waals surface area contributed by atoms with Crippen LogP contribution >= 0.6 is 39.9 Å². The van der Waals surface area contributed by atoms with Crippen LogP contribution < -0.4 is 10.6 Å². The predicted octanol–water partition coefficient (Wildman–Crippen LogP) is 3.30. The molecule has 4 nitrogen and oxygen atoms in total. The number of guanidine groups is 1. The fourth-order valence-electron chi connectivity index (χ4n) is 1.45. The van der Waals surface area contributed by atoms with Gasteiger partial charge in [-0.1, -0.05) is 15.9 Å². The third-order valence-corrected chi connectivity index (χ3v) is 3.69. The van der Waals surface area contributed by atoms with Gasteiger partial charge in [0.2, 0.25) is 0 Å². The number of nitrogens with zero attached hydrogens (tertiary/aromatic N) is 1. The van der Waals surface area contributed by atoms with Crippen LogP contribution in [0.3, 0.4) is 0 Å². The topological polar surface area (TPSA) is 45.7 Å². The first-order valence-corrected chi connectivity index (χ1v) is 7.11. The molecule has 0 heterocycles. The second-order valence-corrected chi connectivity index (χ2v) is 5.83. The minimum absolute atomic E-state index is 0. The lowest BCUT2D eigenvalue weighted by atomic mass is 10.1. The summed E-state index contributed by atoms with van der Waals surface area (Å²) in [6.07, 6.45) is 0. The number of methoxy groups -OCH3 is 1. The van der Waals surface area contributed by atoms with Crippen molar-refractivity contribution in [3.05, 3.63) is 34.1 Å². The Morgan fingerprint density at radius 2 is 2.05 bits per heavy atom. The molecule has 2 N–H and O–H groups in total. The minimum Gasteiger partial charge on any atom is -0.377 e. The molecule has 0 aliphatic carbocycles. The molecule has 1 rings (SSSR count). The van der Waals surface area contributed by atoms with E-state index in [0.29, 0.717) is 19.0 Å². The zero-order chi connectivity index (χ0) is 15.2. The van der Waals surface area contributed by atoms with Crippen LogP contribution in [0.15, 0.2) is 27.7 Å². The molecule has 7 heteroatoms. The first-order chi connectivity index (χ1) is 9.38. The highest BCUT2D eigenvalue weighted by atomic mass is 127. The van der Waals surface area contributed by atoms with E-state index in [9.17, 15) is 4.39 Å². The van der Waals surface area contributed by atoms with E-state index in [-0.39, 0.29) is 35.4 Å². The summed E-state index contributed by atoms with van der Waals surface area (Å²) in [7, 11) is 3.36. The number of rotatable bonds is 5. The Hall–Kier alpha value is -0.410. The molecular weight excluding hydrogens is 452 g/mol. The largest absolute Gasteiger partial charge is 0.377 e. The van der Waals surface area contributed by atoms with Crippen molar-refractivity contribution in [3.63, 3.8) is 0 Å². The molecule has 0 spiro atoms. The number of halogens is 3. The van der Waals surface area contributed by atoms with E-state index in [1.54, 1.807) is 20.2 Å². The maximum atomic E-state index is 13.2. The van der Waals surface area contributed by atoms with Crippen molar-refractivity contribution < 1.29 is 9.13 Å². The smallest absolute Gasteiger partial charge is 0.191 e. The van der Waals surface area contributed by atoms with E-state index in [0.717, 1.165) is 10.0 Å². The van der Waals surface area contributed by atoms with Crippen molar-refractivity contribution in [2.75, 3.05) is 20.7 Å². The van der Waals surface area contributed by atoms with Crippen molar-refractivity contribution >= 4 is 45.9 Å². The van der Waals surface area contributed by atoms with Crippen LogP contribution in [0.5, 0.6) is 0 Å². The summed E-state index contributed by atoms with van der Waals surface area (Å²) >= 11 is 3.40. The molecule has 0 bridgehead atoms. The molecule has 0 radical (unpaired) electrons. The molecule has 0 fully saturated rings. The van der Waals surface area contributed by atoms with E-state index in [1.807, 2.05) is 13.8 Å². The quantitative estimate of drug-likeness (QED) is 0.392. The van der Waals surface area contributed by atoms with E-state index in [4.69, 9.17) is 4.74 Å². The molecule has 120 valence electrons. The molecule has 0 amide bonds. The molecule has 0 atom stereocenters. The number of ether oxygens (including phenoxy) is 1. The minimum atomic E-state index is -0.281. The van der Waals surface area contributed by atoms with Gasteiger partial charge in [0.1, 0.15) is 5.82 Å².